The summed E-state index contributed by atoms with van der Waals surface area (Å²) in [6.07, 6.45) is 1.88. The molecule has 0 aliphatic carbocycles. The normalized spacial score (nSPS) is 10.4. The molecule has 1 heterocycles. The third-order valence-corrected chi connectivity index (χ3v) is 1.30. The van der Waals surface area contributed by atoms with Crippen molar-refractivity contribution >= 4 is 5.82 Å². The van der Waals surface area contributed by atoms with Gasteiger partial charge in [-0.05, 0) is 13.8 Å². The molecule has 0 fully saturated rings. The van der Waals surface area contributed by atoms with Gasteiger partial charge in [0.15, 0.2) is 5.82 Å². The van der Waals surface area contributed by atoms with Gasteiger partial charge in [0.05, 0.1) is 6.20 Å². The van der Waals surface area contributed by atoms with Crippen LogP contribution in [0.4, 0.5) is 5.82 Å². The van der Waals surface area contributed by atoms with E-state index in [1.54, 1.807) is 0 Å². The lowest BCUT2D eigenvalue weighted by atomic mass is 10.4. The summed E-state index contributed by atoms with van der Waals surface area (Å²) in [5.41, 5.74) is 0. The van der Waals surface area contributed by atoms with Gasteiger partial charge in [-0.1, -0.05) is 5.21 Å². The lowest BCUT2D eigenvalue weighted by molar-refractivity contribution is 0.514. The van der Waals surface area contributed by atoms with E-state index in [2.05, 4.69) is 29.5 Å². The maximum atomic E-state index is 3.89. The Labute approximate surface area is 60.2 Å². The van der Waals surface area contributed by atoms with Gasteiger partial charge in [-0.3, -0.25) is 0 Å². The average molecular weight is 140 g/mol. The Morgan fingerprint density at radius 3 is 2.60 bits per heavy atom. The second-order valence-corrected chi connectivity index (χ2v) is 2.43. The van der Waals surface area contributed by atoms with Crippen LogP contribution in [0.1, 0.15) is 19.9 Å². The Balaban J connectivity index is 2.78. The van der Waals surface area contributed by atoms with Gasteiger partial charge in [-0.25, -0.2) is 4.68 Å². The topological polar surface area (TPSA) is 42.7 Å². The van der Waals surface area contributed by atoms with Crippen LogP contribution in [0, 0.1) is 0 Å². The standard InChI is InChI=1S/C6H12N4/c1-5(2)10-4-6(7-3)8-9-10/h4-5,7H,1-3H3. The Morgan fingerprint density at radius 2 is 2.30 bits per heavy atom. The van der Waals surface area contributed by atoms with Crippen molar-refractivity contribution in [3.8, 4) is 0 Å². The van der Waals surface area contributed by atoms with Gasteiger partial charge in [-0.15, -0.1) is 5.10 Å². The van der Waals surface area contributed by atoms with E-state index in [-0.39, 0.29) is 0 Å². The van der Waals surface area contributed by atoms with Crippen molar-refractivity contribution in [2.24, 2.45) is 0 Å². The van der Waals surface area contributed by atoms with Crippen LogP contribution in [0.5, 0.6) is 0 Å². The van der Waals surface area contributed by atoms with Crippen molar-refractivity contribution < 1.29 is 0 Å². The monoisotopic (exact) mass is 140 g/mol. The van der Waals surface area contributed by atoms with E-state index in [9.17, 15) is 0 Å². The molecule has 1 aromatic heterocycles. The maximum Gasteiger partial charge on any atom is 0.168 e. The summed E-state index contributed by atoms with van der Waals surface area (Å²) in [5, 5.41) is 10.7. The summed E-state index contributed by atoms with van der Waals surface area (Å²) in [6, 6.07) is 0.384. The molecule has 1 rings (SSSR count). The van der Waals surface area contributed by atoms with E-state index in [0.717, 1.165) is 5.82 Å². The SMILES string of the molecule is CNc1cn(C(C)C)nn1. The van der Waals surface area contributed by atoms with E-state index >= 15 is 0 Å². The van der Waals surface area contributed by atoms with Gasteiger partial charge >= 0.3 is 0 Å². The van der Waals surface area contributed by atoms with E-state index in [4.69, 9.17) is 0 Å². The van der Waals surface area contributed by atoms with Gasteiger partial charge in [0.2, 0.25) is 0 Å². The van der Waals surface area contributed by atoms with Crippen LogP contribution in [0.3, 0.4) is 0 Å². The smallest absolute Gasteiger partial charge is 0.168 e. The van der Waals surface area contributed by atoms with Crippen LogP contribution in [-0.4, -0.2) is 22.0 Å². The molecular formula is C6H12N4. The van der Waals surface area contributed by atoms with E-state index in [1.807, 2.05) is 17.9 Å². The minimum atomic E-state index is 0.384. The average Bonchev–Trinajstić information content (AvgIpc) is 2.34. The van der Waals surface area contributed by atoms with Crippen molar-refractivity contribution in [1.82, 2.24) is 15.0 Å². The van der Waals surface area contributed by atoms with Crippen LogP contribution < -0.4 is 5.32 Å². The zero-order valence-corrected chi connectivity index (χ0v) is 6.50. The first-order valence-electron chi connectivity index (χ1n) is 3.33. The number of nitrogens with zero attached hydrogens (tertiary/aromatic N) is 3. The molecule has 0 saturated carbocycles. The van der Waals surface area contributed by atoms with Crippen LogP contribution >= 0.6 is 0 Å². The molecule has 0 saturated heterocycles. The van der Waals surface area contributed by atoms with Crippen molar-refractivity contribution in [3.63, 3.8) is 0 Å². The summed E-state index contributed by atoms with van der Waals surface area (Å²) in [7, 11) is 1.83. The molecule has 4 heteroatoms. The van der Waals surface area contributed by atoms with Gasteiger partial charge < -0.3 is 5.32 Å². The Hall–Kier alpha value is -1.06. The highest BCUT2D eigenvalue weighted by Gasteiger charge is 1.99. The summed E-state index contributed by atoms with van der Waals surface area (Å²) in [4.78, 5) is 0. The molecule has 0 aliphatic heterocycles. The van der Waals surface area contributed by atoms with Crippen molar-refractivity contribution in [2.75, 3.05) is 12.4 Å². The van der Waals surface area contributed by atoms with Gasteiger partial charge in [0.1, 0.15) is 0 Å². The fourth-order valence-electron chi connectivity index (χ4n) is 0.644. The molecule has 0 amide bonds. The molecule has 56 valence electrons. The lowest BCUT2D eigenvalue weighted by Gasteiger charge is -2.00. The Kier molecular flexibility index (Phi) is 1.89. The Bertz CT molecular complexity index is 203. The predicted molar refractivity (Wildman–Crippen MR) is 40.0 cm³/mol. The van der Waals surface area contributed by atoms with Gasteiger partial charge in [0.25, 0.3) is 0 Å². The number of hydrogen-bond acceptors (Lipinski definition) is 3. The number of rotatable bonds is 2. The summed E-state index contributed by atoms with van der Waals surface area (Å²) in [6.45, 7) is 4.13. The first kappa shape index (κ1) is 7.05. The van der Waals surface area contributed by atoms with Gasteiger partial charge in [0, 0.05) is 13.1 Å². The minimum Gasteiger partial charge on any atom is -0.370 e. The second kappa shape index (κ2) is 2.68. The van der Waals surface area contributed by atoms with E-state index < -0.39 is 0 Å². The fraction of sp³-hybridized carbons (Fsp3) is 0.667. The molecule has 0 radical (unpaired) electrons. The summed E-state index contributed by atoms with van der Waals surface area (Å²) in [5.74, 6) is 0.814. The maximum absolute atomic E-state index is 3.89. The molecule has 1 N–H and O–H groups in total. The zero-order chi connectivity index (χ0) is 7.56. The highest BCUT2D eigenvalue weighted by atomic mass is 15.4. The van der Waals surface area contributed by atoms with Crippen molar-refractivity contribution in [3.05, 3.63) is 6.20 Å². The molecule has 0 aromatic carbocycles. The molecule has 0 spiro atoms. The van der Waals surface area contributed by atoms with Crippen molar-refractivity contribution in [2.45, 2.75) is 19.9 Å². The van der Waals surface area contributed by atoms with Crippen LogP contribution in [0.15, 0.2) is 6.20 Å². The van der Waals surface area contributed by atoms with E-state index in [1.165, 1.54) is 0 Å². The number of aromatic nitrogens is 3. The molecule has 0 bridgehead atoms. The predicted octanol–water partition coefficient (Wildman–Crippen LogP) is 0.901. The first-order valence-corrected chi connectivity index (χ1v) is 3.33. The molecular weight excluding hydrogens is 128 g/mol. The molecule has 1 aromatic rings. The number of hydrogen-bond donors (Lipinski definition) is 1. The molecule has 0 unspecified atom stereocenters. The minimum absolute atomic E-state index is 0.384. The highest BCUT2D eigenvalue weighted by Crippen LogP contribution is 2.04. The molecule has 0 atom stereocenters. The zero-order valence-electron chi connectivity index (χ0n) is 6.50. The van der Waals surface area contributed by atoms with Crippen LogP contribution in [-0.2, 0) is 0 Å². The third kappa shape index (κ3) is 1.26. The third-order valence-electron chi connectivity index (χ3n) is 1.30. The van der Waals surface area contributed by atoms with Crippen LogP contribution in [0.2, 0.25) is 0 Å². The van der Waals surface area contributed by atoms with Crippen molar-refractivity contribution in [1.29, 1.82) is 0 Å². The highest BCUT2D eigenvalue weighted by molar-refractivity contribution is 5.27. The van der Waals surface area contributed by atoms with Crippen LogP contribution in [0.25, 0.3) is 0 Å². The summed E-state index contributed by atoms with van der Waals surface area (Å²) >= 11 is 0. The Morgan fingerprint density at radius 1 is 1.60 bits per heavy atom. The second-order valence-electron chi connectivity index (χ2n) is 2.43. The quantitative estimate of drug-likeness (QED) is 0.663. The van der Waals surface area contributed by atoms with E-state index in [0.29, 0.717) is 6.04 Å². The largest absolute Gasteiger partial charge is 0.370 e. The number of anilines is 1. The lowest BCUT2D eigenvalue weighted by Crippen LogP contribution is -2.00. The summed E-state index contributed by atoms with van der Waals surface area (Å²) < 4.78 is 1.81. The molecule has 10 heavy (non-hydrogen) atoms. The van der Waals surface area contributed by atoms with Gasteiger partial charge in [-0.2, -0.15) is 0 Å². The number of nitrogens with one attached hydrogen (secondary N) is 1. The fourth-order valence-corrected chi connectivity index (χ4v) is 0.644. The molecule has 0 aliphatic rings. The first-order chi connectivity index (χ1) is 4.74. The molecule has 4 nitrogen and oxygen atoms in total.